The molecule has 2 rings (SSSR count). The van der Waals surface area contributed by atoms with E-state index >= 15 is 0 Å². The van der Waals surface area contributed by atoms with Gasteiger partial charge in [-0.25, -0.2) is 18.4 Å². The van der Waals surface area contributed by atoms with Crippen LogP contribution in [0.3, 0.4) is 0 Å². The molecule has 21 heavy (non-hydrogen) atoms. The molecule has 1 saturated heterocycles. The van der Waals surface area contributed by atoms with Gasteiger partial charge in [-0.1, -0.05) is 6.92 Å². The number of hydrogen-bond acceptors (Lipinski definition) is 3. The van der Waals surface area contributed by atoms with Gasteiger partial charge < -0.3 is 10.2 Å². The van der Waals surface area contributed by atoms with Crippen molar-refractivity contribution >= 4 is 21.7 Å². The van der Waals surface area contributed by atoms with Crippen LogP contribution in [0.1, 0.15) is 25.3 Å². The Labute approximate surface area is 125 Å². The Bertz CT molecular complexity index is 635. The van der Waals surface area contributed by atoms with E-state index in [1.54, 1.807) is 17.9 Å². The number of benzene rings is 1. The van der Waals surface area contributed by atoms with Crippen molar-refractivity contribution in [3.8, 4) is 0 Å². The van der Waals surface area contributed by atoms with Crippen LogP contribution in [0.15, 0.2) is 23.1 Å². The summed E-state index contributed by atoms with van der Waals surface area (Å²) in [7, 11) is -3.72. The van der Waals surface area contributed by atoms with Gasteiger partial charge in [0.05, 0.1) is 4.90 Å². The largest absolute Gasteiger partial charge is 0.325 e. The van der Waals surface area contributed by atoms with Gasteiger partial charge in [0.2, 0.25) is 10.0 Å². The standard InChI is InChI=1S/C14H21N3O3S/c1-10-5-7-17(8-6-10)14(18)16-13-4-3-12(9-11(13)2)21(15,19)20/h3-4,9-10H,5-8H2,1-2H3,(H,16,18)(H2,15,19,20). The molecule has 1 fully saturated rings. The van der Waals surface area contributed by atoms with Crippen molar-refractivity contribution in [1.29, 1.82) is 0 Å². The van der Waals surface area contributed by atoms with E-state index in [1.165, 1.54) is 12.1 Å². The van der Waals surface area contributed by atoms with Crippen molar-refractivity contribution in [3.05, 3.63) is 23.8 Å². The van der Waals surface area contributed by atoms with Crippen LogP contribution >= 0.6 is 0 Å². The van der Waals surface area contributed by atoms with E-state index in [1.807, 2.05) is 0 Å². The molecule has 0 spiro atoms. The molecule has 2 amide bonds. The third kappa shape index (κ3) is 3.95. The zero-order valence-corrected chi connectivity index (χ0v) is 13.1. The van der Waals surface area contributed by atoms with Crippen LogP contribution in [0.25, 0.3) is 0 Å². The molecule has 0 saturated carbocycles. The minimum atomic E-state index is -3.72. The van der Waals surface area contributed by atoms with Gasteiger partial charge in [0.15, 0.2) is 0 Å². The van der Waals surface area contributed by atoms with Crippen molar-refractivity contribution in [2.45, 2.75) is 31.6 Å². The maximum absolute atomic E-state index is 12.2. The number of primary sulfonamides is 1. The van der Waals surface area contributed by atoms with E-state index in [0.717, 1.165) is 25.9 Å². The molecule has 1 aliphatic heterocycles. The van der Waals surface area contributed by atoms with E-state index in [-0.39, 0.29) is 10.9 Å². The lowest BCUT2D eigenvalue weighted by Crippen LogP contribution is -2.40. The highest BCUT2D eigenvalue weighted by Gasteiger charge is 2.20. The molecule has 0 radical (unpaired) electrons. The summed E-state index contributed by atoms with van der Waals surface area (Å²) in [6.45, 7) is 5.43. The predicted molar refractivity (Wildman–Crippen MR) is 81.5 cm³/mol. The van der Waals surface area contributed by atoms with Crippen molar-refractivity contribution < 1.29 is 13.2 Å². The van der Waals surface area contributed by atoms with E-state index in [4.69, 9.17) is 5.14 Å². The number of amides is 2. The fourth-order valence-electron chi connectivity index (χ4n) is 2.36. The summed E-state index contributed by atoms with van der Waals surface area (Å²) in [6.07, 6.45) is 2.02. The normalized spacial score (nSPS) is 16.8. The Hall–Kier alpha value is -1.60. The molecule has 0 bridgehead atoms. The van der Waals surface area contributed by atoms with Gasteiger partial charge >= 0.3 is 6.03 Å². The average Bonchev–Trinajstić information content (AvgIpc) is 2.40. The summed E-state index contributed by atoms with van der Waals surface area (Å²) >= 11 is 0. The zero-order chi connectivity index (χ0) is 15.6. The SMILES string of the molecule is Cc1cc(S(N)(=O)=O)ccc1NC(=O)N1CCC(C)CC1. The highest BCUT2D eigenvalue weighted by molar-refractivity contribution is 7.89. The summed E-state index contributed by atoms with van der Waals surface area (Å²) in [5.74, 6) is 0.657. The first kappa shape index (κ1) is 15.8. The number of nitrogens with two attached hydrogens (primary N) is 1. The average molecular weight is 311 g/mol. The quantitative estimate of drug-likeness (QED) is 0.873. The van der Waals surface area contributed by atoms with Crippen molar-refractivity contribution in [2.24, 2.45) is 11.1 Å². The van der Waals surface area contributed by atoms with Gasteiger partial charge in [-0.05, 0) is 49.4 Å². The third-order valence-electron chi connectivity index (χ3n) is 3.84. The zero-order valence-electron chi connectivity index (χ0n) is 12.3. The molecule has 3 N–H and O–H groups in total. The Morgan fingerprint density at radius 2 is 1.95 bits per heavy atom. The van der Waals surface area contributed by atoms with Crippen LogP contribution in [0, 0.1) is 12.8 Å². The first-order chi connectivity index (χ1) is 9.77. The first-order valence-corrected chi connectivity index (χ1v) is 8.51. The molecule has 0 atom stereocenters. The molecule has 0 unspecified atom stereocenters. The van der Waals surface area contributed by atoms with Crippen LogP contribution in [0.2, 0.25) is 0 Å². The van der Waals surface area contributed by atoms with Crippen LogP contribution < -0.4 is 10.5 Å². The number of hydrogen-bond donors (Lipinski definition) is 2. The molecule has 0 aromatic heterocycles. The molecule has 116 valence electrons. The number of carbonyl (C=O) groups excluding carboxylic acids is 1. The van der Waals surface area contributed by atoms with E-state index in [2.05, 4.69) is 12.2 Å². The maximum atomic E-state index is 12.2. The molecule has 7 heteroatoms. The number of piperidine rings is 1. The lowest BCUT2D eigenvalue weighted by Gasteiger charge is -2.30. The topological polar surface area (TPSA) is 92.5 Å². The number of nitrogens with one attached hydrogen (secondary N) is 1. The second-order valence-electron chi connectivity index (χ2n) is 5.62. The number of aryl methyl sites for hydroxylation is 1. The van der Waals surface area contributed by atoms with E-state index in [9.17, 15) is 13.2 Å². The monoisotopic (exact) mass is 311 g/mol. The summed E-state index contributed by atoms with van der Waals surface area (Å²) in [5.41, 5.74) is 1.27. The van der Waals surface area contributed by atoms with Crippen LogP contribution in [0.4, 0.5) is 10.5 Å². The van der Waals surface area contributed by atoms with Gasteiger partial charge in [0.1, 0.15) is 0 Å². The van der Waals surface area contributed by atoms with E-state index in [0.29, 0.717) is 17.2 Å². The van der Waals surface area contributed by atoms with Gasteiger partial charge in [-0.3, -0.25) is 0 Å². The summed E-state index contributed by atoms with van der Waals surface area (Å²) in [6, 6.07) is 4.28. The molecule has 1 aromatic carbocycles. The smallest absolute Gasteiger partial charge is 0.321 e. The Morgan fingerprint density at radius 1 is 1.33 bits per heavy atom. The Kier molecular flexibility index (Phi) is 4.53. The van der Waals surface area contributed by atoms with Gasteiger partial charge in [0.25, 0.3) is 0 Å². The van der Waals surface area contributed by atoms with Crippen molar-refractivity contribution in [1.82, 2.24) is 4.90 Å². The molecular formula is C14H21N3O3S. The highest BCUT2D eigenvalue weighted by Crippen LogP contribution is 2.21. The lowest BCUT2D eigenvalue weighted by molar-refractivity contribution is 0.186. The lowest BCUT2D eigenvalue weighted by atomic mass is 10.00. The number of carbonyl (C=O) groups is 1. The van der Waals surface area contributed by atoms with E-state index < -0.39 is 10.0 Å². The maximum Gasteiger partial charge on any atom is 0.321 e. The molecule has 1 heterocycles. The van der Waals surface area contributed by atoms with Gasteiger partial charge in [-0.15, -0.1) is 0 Å². The number of sulfonamides is 1. The van der Waals surface area contributed by atoms with Crippen molar-refractivity contribution in [3.63, 3.8) is 0 Å². The molecule has 6 nitrogen and oxygen atoms in total. The number of nitrogens with zero attached hydrogens (tertiary/aromatic N) is 1. The number of urea groups is 1. The van der Waals surface area contributed by atoms with Crippen LogP contribution in [0.5, 0.6) is 0 Å². The molecular weight excluding hydrogens is 290 g/mol. The Morgan fingerprint density at radius 3 is 2.48 bits per heavy atom. The second kappa shape index (κ2) is 6.03. The minimum absolute atomic E-state index is 0.0461. The summed E-state index contributed by atoms with van der Waals surface area (Å²) < 4.78 is 22.6. The number of anilines is 1. The molecule has 1 aliphatic rings. The fourth-order valence-corrected chi connectivity index (χ4v) is 2.96. The number of likely N-dealkylation sites (tertiary alicyclic amines) is 1. The fraction of sp³-hybridized carbons (Fsp3) is 0.500. The Balaban J connectivity index is 2.08. The number of rotatable bonds is 2. The van der Waals surface area contributed by atoms with Gasteiger partial charge in [-0.2, -0.15) is 0 Å². The van der Waals surface area contributed by atoms with Crippen molar-refractivity contribution in [2.75, 3.05) is 18.4 Å². The second-order valence-corrected chi connectivity index (χ2v) is 7.18. The first-order valence-electron chi connectivity index (χ1n) is 6.97. The molecule has 1 aromatic rings. The van der Waals surface area contributed by atoms with Gasteiger partial charge in [0, 0.05) is 18.8 Å². The molecule has 0 aliphatic carbocycles. The van der Waals surface area contributed by atoms with Crippen LogP contribution in [-0.2, 0) is 10.0 Å². The summed E-state index contributed by atoms with van der Waals surface area (Å²) in [4.78, 5) is 14.0. The highest BCUT2D eigenvalue weighted by atomic mass is 32.2. The predicted octanol–water partition coefficient (Wildman–Crippen LogP) is 1.91. The third-order valence-corrected chi connectivity index (χ3v) is 4.75. The van der Waals surface area contributed by atoms with Crippen LogP contribution in [-0.4, -0.2) is 32.4 Å². The summed E-state index contributed by atoms with van der Waals surface area (Å²) in [5, 5.41) is 7.91. The minimum Gasteiger partial charge on any atom is -0.325 e.